The lowest BCUT2D eigenvalue weighted by molar-refractivity contribution is -0.172. The van der Waals surface area contributed by atoms with E-state index in [4.69, 9.17) is 4.74 Å². The molecule has 0 radical (unpaired) electrons. The molecule has 0 amide bonds. The summed E-state index contributed by atoms with van der Waals surface area (Å²) in [4.78, 5) is 24.5. The molecule has 0 aromatic rings. The van der Waals surface area contributed by atoms with E-state index in [-0.39, 0.29) is 42.5 Å². The third-order valence-corrected chi connectivity index (χ3v) is 8.25. The molecule has 5 nitrogen and oxygen atoms in total. The standard InChI is InChI=1S/C22H30O5/c1-11-9-21-10-18(25)22(26)16(8-17(24)20(22,4)5)12(2)15(21)7-6-14(11)19(21)27-13(3)23/h9,14-16,18-19,25-26H,2,6-8,10H2,1,3-5H3/t14-,15-,16-,18+,19+,21+,22-/m0/s1. The van der Waals surface area contributed by atoms with Gasteiger partial charge < -0.3 is 14.9 Å². The molecular formula is C22H30O5. The van der Waals surface area contributed by atoms with Crippen molar-refractivity contribution in [1.82, 2.24) is 0 Å². The zero-order chi connectivity index (χ0) is 19.9. The average molecular weight is 374 g/mol. The highest BCUT2D eigenvalue weighted by Crippen LogP contribution is 2.66. The summed E-state index contributed by atoms with van der Waals surface area (Å²) in [5.74, 6) is -0.706. The second kappa shape index (κ2) is 5.54. The maximum Gasteiger partial charge on any atom is 0.302 e. The second-order valence-electron chi connectivity index (χ2n) is 9.69. The molecule has 3 saturated carbocycles. The molecule has 5 heteroatoms. The molecule has 0 unspecified atom stereocenters. The summed E-state index contributed by atoms with van der Waals surface area (Å²) in [5.41, 5.74) is -1.15. The number of hydrogen-bond acceptors (Lipinski definition) is 5. The molecule has 2 N–H and O–H groups in total. The van der Waals surface area contributed by atoms with E-state index in [1.807, 2.05) is 0 Å². The normalized spacial score (nSPS) is 47.8. The van der Waals surface area contributed by atoms with Crippen molar-refractivity contribution in [1.29, 1.82) is 0 Å². The van der Waals surface area contributed by atoms with E-state index in [2.05, 4.69) is 19.6 Å². The predicted molar refractivity (Wildman–Crippen MR) is 99.6 cm³/mol. The van der Waals surface area contributed by atoms with Gasteiger partial charge in [0.15, 0.2) is 0 Å². The molecule has 2 bridgehead atoms. The first-order chi connectivity index (χ1) is 12.5. The number of aliphatic hydroxyl groups is 2. The van der Waals surface area contributed by atoms with Crippen molar-refractivity contribution in [3.8, 4) is 0 Å². The summed E-state index contributed by atoms with van der Waals surface area (Å²) < 4.78 is 5.80. The molecule has 0 aromatic carbocycles. The van der Waals surface area contributed by atoms with Crippen LogP contribution in [0.15, 0.2) is 23.8 Å². The maximum absolute atomic E-state index is 12.7. The molecular weight excluding hydrogens is 344 g/mol. The van der Waals surface area contributed by atoms with Gasteiger partial charge in [-0.15, -0.1) is 0 Å². The van der Waals surface area contributed by atoms with Crippen LogP contribution in [-0.4, -0.2) is 39.8 Å². The van der Waals surface area contributed by atoms with Crippen LogP contribution < -0.4 is 0 Å². The predicted octanol–water partition coefficient (Wildman–Crippen LogP) is 2.56. The molecule has 27 heavy (non-hydrogen) atoms. The van der Waals surface area contributed by atoms with Crippen LogP contribution in [0.4, 0.5) is 0 Å². The first-order valence-electron chi connectivity index (χ1n) is 9.95. The Labute approximate surface area is 160 Å². The van der Waals surface area contributed by atoms with Crippen molar-refractivity contribution in [2.75, 3.05) is 0 Å². The fourth-order valence-electron chi connectivity index (χ4n) is 6.79. The number of carbonyl (C=O) groups is 2. The lowest BCUT2D eigenvalue weighted by Gasteiger charge is -2.47. The monoisotopic (exact) mass is 374 g/mol. The molecule has 0 aliphatic heterocycles. The van der Waals surface area contributed by atoms with Crippen molar-refractivity contribution in [3.63, 3.8) is 0 Å². The third kappa shape index (κ3) is 2.13. The average Bonchev–Trinajstić information content (AvgIpc) is 2.81. The highest BCUT2D eigenvalue weighted by molar-refractivity contribution is 5.89. The number of hydrogen-bond donors (Lipinski definition) is 2. The maximum atomic E-state index is 12.7. The number of ketones is 1. The Morgan fingerprint density at radius 3 is 2.59 bits per heavy atom. The number of carbonyl (C=O) groups excluding carboxylic acids is 2. The van der Waals surface area contributed by atoms with E-state index >= 15 is 0 Å². The SMILES string of the molecule is C=C1[C@@H]2CC[C@H]3C(C)=C[C@]2(C[C@@H](O)[C@@]2(O)[C@H]1CC(=O)C2(C)C)[C@@H]3OC(C)=O. The van der Waals surface area contributed by atoms with Gasteiger partial charge in [0, 0.05) is 30.6 Å². The van der Waals surface area contributed by atoms with Crippen LogP contribution in [0.2, 0.25) is 0 Å². The lowest BCUT2D eigenvalue weighted by Crippen LogP contribution is -2.56. The van der Waals surface area contributed by atoms with Gasteiger partial charge in [0.25, 0.3) is 0 Å². The fourth-order valence-corrected chi connectivity index (χ4v) is 6.79. The van der Waals surface area contributed by atoms with Gasteiger partial charge in [-0.05, 0) is 32.1 Å². The summed E-state index contributed by atoms with van der Waals surface area (Å²) in [7, 11) is 0. The van der Waals surface area contributed by atoms with Gasteiger partial charge in [0.2, 0.25) is 0 Å². The van der Waals surface area contributed by atoms with Crippen LogP contribution in [-0.2, 0) is 14.3 Å². The Kier molecular flexibility index (Phi) is 3.88. The van der Waals surface area contributed by atoms with Crippen LogP contribution in [0.25, 0.3) is 0 Å². The van der Waals surface area contributed by atoms with Crippen molar-refractivity contribution < 1.29 is 24.5 Å². The molecule has 3 fully saturated rings. The van der Waals surface area contributed by atoms with Gasteiger partial charge in [-0.3, -0.25) is 9.59 Å². The summed E-state index contributed by atoms with van der Waals surface area (Å²) in [6, 6.07) is 0. The summed E-state index contributed by atoms with van der Waals surface area (Å²) in [6.07, 6.45) is 2.94. The molecule has 0 aromatic heterocycles. The Morgan fingerprint density at radius 1 is 1.30 bits per heavy atom. The Hall–Kier alpha value is -1.46. The van der Waals surface area contributed by atoms with Crippen LogP contribution in [0.3, 0.4) is 0 Å². The Balaban J connectivity index is 1.87. The topological polar surface area (TPSA) is 83.8 Å². The van der Waals surface area contributed by atoms with E-state index in [1.165, 1.54) is 12.5 Å². The van der Waals surface area contributed by atoms with E-state index in [0.717, 1.165) is 18.4 Å². The third-order valence-electron chi connectivity index (χ3n) is 8.25. The first-order valence-corrected chi connectivity index (χ1v) is 9.95. The van der Waals surface area contributed by atoms with E-state index < -0.39 is 28.5 Å². The molecule has 1 spiro atoms. The lowest BCUT2D eigenvalue weighted by atomic mass is 9.60. The van der Waals surface area contributed by atoms with E-state index in [0.29, 0.717) is 0 Å². The minimum atomic E-state index is -1.55. The summed E-state index contributed by atoms with van der Waals surface area (Å²) in [5, 5.41) is 22.9. The van der Waals surface area contributed by atoms with Crippen molar-refractivity contribution in [2.24, 2.45) is 28.6 Å². The molecule has 0 heterocycles. The van der Waals surface area contributed by atoms with E-state index in [1.54, 1.807) is 13.8 Å². The van der Waals surface area contributed by atoms with E-state index in [9.17, 15) is 19.8 Å². The van der Waals surface area contributed by atoms with Gasteiger partial charge in [-0.2, -0.15) is 0 Å². The number of fused-ring (bicyclic) bond motifs is 2. The van der Waals surface area contributed by atoms with Crippen LogP contribution >= 0.6 is 0 Å². The minimum Gasteiger partial charge on any atom is -0.461 e. The minimum absolute atomic E-state index is 0.0223. The molecule has 7 atom stereocenters. The zero-order valence-corrected chi connectivity index (χ0v) is 16.6. The number of ether oxygens (including phenoxy) is 1. The smallest absolute Gasteiger partial charge is 0.302 e. The van der Waals surface area contributed by atoms with Gasteiger partial charge in [-0.25, -0.2) is 0 Å². The van der Waals surface area contributed by atoms with Crippen LogP contribution in [0.1, 0.15) is 53.4 Å². The number of Topliss-reactive ketones (excluding diaryl/α,β-unsaturated/α-hetero) is 1. The van der Waals surface area contributed by atoms with Gasteiger partial charge in [0.1, 0.15) is 17.5 Å². The Bertz CT molecular complexity index is 765. The molecule has 4 rings (SSSR count). The molecule has 4 aliphatic carbocycles. The van der Waals surface area contributed by atoms with Gasteiger partial charge >= 0.3 is 5.97 Å². The quantitative estimate of drug-likeness (QED) is 0.544. The number of aliphatic hydroxyl groups excluding tert-OH is 1. The highest BCUT2D eigenvalue weighted by atomic mass is 16.5. The van der Waals surface area contributed by atoms with Crippen molar-refractivity contribution >= 4 is 11.8 Å². The van der Waals surface area contributed by atoms with Crippen molar-refractivity contribution in [3.05, 3.63) is 23.8 Å². The van der Waals surface area contributed by atoms with Gasteiger partial charge in [0.05, 0.1) is 11.5 Å². The fraction of sp³-hybridized carbons (Fsp3) is 0.727. The Morgan fingerprint density at radius 2 is 1.96 bits per heavy atom. The molecule has 148 valence electrons. The van der Waals surface area contributed by atoms with Crippen LogP contribution in [0, 0.1) is 28.6 Å². The molecule has 0 saturated heterocycles. The van der Waals surface area contributed by atoms with Gasteiger partial charge in [-0.1, -0.05) is 37.6 Å². The van der Waals surface area contributed by atoms with Crippen molar-refractivity contribution in [2.45, 2.75) is 71.2 Å². The van der Waals surface area contributed by atoms with Crippen LogP contribution in [0.5, 0.6) is 0 Å². The molecule has 4 aliphatic rings. The number of esters is 1. The highest BCUT2D eigenvalue weighted by Gasteiger charge is 2.70. The summed E-state index contributed by atoms with van der Waals surface area (Å²) >= 11 is 0. The largest absolute Gasteiger partial charge is 0.461 e. The zero-order valence-electron chi connectivity index (χ0n) is 16.6. The summed E-state index contributed by atoms with van der Waals surface area (Å²) in [6.45, 7) is 11.3. The second-order valence-corrected chi connectivity index (χ2v) is 9.69. The number of rotatable bonds is 1. The first kappa shape index (κ1) is 18.9.